The Labute approximate surface area is 166 Å². The Morgan fingerprint density at radius 1 is 1.29 bits per heavy atom. The van der Waals surface area contributed by atoms with E-state index >= 15 is 0 Å². The fourth-order valence-electron chi connectivity index (χ4n) is 3.11. The van der Waals surface area contributed by atoms with Crippen LogP contribution < -0.4 is 16.6 Å². The van der Waals surface area contributed by atoms with Crippen molar-refractivity contribution in [1.82, 2.24) is 19.9 Å². The van der Waals surface area contributed by atoms with E-state index < -0.39 is 11.2 Å². The number of rotatable bonds is 6. The van der Waals surface area contributed by atoms with Crippen molar-refractivity contribution in [2.75, 3.05) is 0 Å². The van der Waals surface area contributed by atoms with Gasteiger partial charge in [0.2, 0.25) is 0 Å². The SMILES string of the molecule is CCCn1c(=O)[nH]c(=O)c2cc(C(=O)NC(CC)c3cccc(Cl)c3)cnc21. The van der Waals surface area contributed by atoms with Crippen LogP contribution in [-0.2, 0) is 6.54 Å². The molecule has 2 heterocycles. The Balaban J connectivity index is 1.96. The van der Waals surface area contributed by atoms with E-state index in [1.807, 2.05) is 32.0 Å². The fraction of sp³-hybridized carbons (Fsp3) is 0.300. The summed E-state index contributed by atoms with van der Waals surface area (Å²) in [5.41, 5.74) is 0.355. The average Bonchev–Trinajstić information content (AvgIpc) is 2.68. The number of fused-ring (bicyclic) bond motifs is 1. The Kier molecular flexibility index (Phi) is 5.94. The van der Waals surface area contributed by atoms with Gasteiger partial charge in [-0.2, -0.15) is 0 Å². The second-order valence-electron chi connectivity index (χ2n) is 6.50. The lowest BCUT2D eigenvalue weighted by atomic mass is 10.0. The van der Waals surface area contributed by atoms with Crippen LogP contribution in [0.5, 0.6) is 0 Å². The van der Waals surface area contributed by atoms with Crippen LogP contribution in [0.25, 0.3) is 11.0 Å². The molecule has 0 aliphatic heterocycles. The van der Waals surface area contributed by atoms with Crippen LogP contribution in [0.4, 0.5) is 0 Å². The van der Waals surface area contributed by atoms with Crippen molar-refractivity contribution in [2.45, 2.75) is 39.3 Å². The first kappa shape index (κ1) is 19.8. The lowest BCUT2D eigenvalue weighted by molar-refractivity contribution is 0.0935. The van der Waals surface area contributed by atoms with Crippen molar-refractivity contribution >= 4 is 28.5 Å². The van der Waals surface area contributed by atoms with Gasteiger partial charge in [0, 0.05) is 17.8 Å². The number of H-pyrrole nitrogens is 1. The molecule has 0 saturated heterocycles. The van der Waals surface area contributed by atoms with E-state index in [2.05, 4.69) is 15.3 Å². The topological polar surface area (TPSA) is 96.9 Å². The predicted molar refractivity (Wildman–Crippen MR) is 109 cm³/mol. The molecule has 8 heteroatoms. The number of hydrogen-bond acceptors (Lipinski definition) is 4. The first-order chi connectivity index (χ1) is 13.4. The first-order valence-corrected chi connectivity index (χ1v) is 9.51. The van der Waals surface area contributed by atoms with Gasteiger partial charge < -0.3 is 5.32 Å². The standard InChI is InChI=1S/C20H21ClN4O3/c1-3-8-25-17-15(19(27)24-20(25)28)10-13(11-22-17)18(26)23-16(4-2)12-6-5-7-14(21)9-12/h5-7,9-11,16H,3-4,8H2,1-2H3,(H,23,26)(H,24,27,28). The molecule has 2 aromatic heterocycles. The molecule has 1 amide bonds. The second-order valence-corrected chi connectivity index (χ2v) is 6.93. The lowest BCUT2D eigenvalue weighted by Gasteiger charge is -2.18. The third-order valence-electron chi connectivity index (χ3n) is 4.51. The van der Waals surface area contributed by atoms with Crippen LogP contribution in [0.2, 0.25) is 5.02 Å². The van der Waals surface area contributed by atoms with Crippen LogP contribution >= 0.6 is 11.6 Å². The third-order valence-corrected chi connectivity index (χ3v) is 4.74. The number of benzene rings is 1. The van der Waals surface area contributed by atoms with Crippen LogP contribution in [0, 0.1) is 0 Å². The Bertz CT molecular complexity index is 1140. The van der Waals surface area contributed by atoms with E-state index in [1.165, 1.54) is 16.8 Å². The number of carbonyl (C=O) groups is 1. The molecule has 1 atom stereocenters. The molecule has 0 aliphatic carbocycles. The van der Waals surface area contributed by atoms with Gasteiger partial charge in [0.1, 0.15) is 5.65 Å². The zero-order chi connectivity index (χ0) is 20.3. The molecule has 3 aromatic rings. The molecule has 0 fully saturated rings. The summed E-state index contributed by atoms with van der Waals surface area (Å²) in [6, 6.07) is 8.54. The molecule has 1 unspecified atom stereocenters. The molecule has 28 heavy (non-hydrogen) atoms. The first-order valence-electron chi connectivity index (χ1n) is 9.13. The highest BCUT2D eigenvalue weighted by Crippen LogP contribution is 2.21. The highest BCUT2D eigenvalue weighted by atomic mass is 35.5. The van der Waals surface area contributed by atoms with Gasteiger partial charge in [-0.05, 0) is 36.6 Å². The van der Waals surface area contributed by atoms with Crippen molar-refractivity contribution < 1.29 is 4.79 Å². The molecular weight excluding hydrogens is 380 g/mol. The van der Waals surface area contributed by atoms with Crippen LogP contribution in [0.3, 0.4) is 0 Å². The van der Waals surface area contributed by atoms with Gasteiger partial charge in [0.15, 0.2) is 0 Å². The number of aromatic amines is 1. The lowest BCUT2D eigenvalue weighted by Crippen LogP contribution is -2.32. The van der Waals surface area contributed by atoms with E-state index in [9.17, 15) is 14.4 Å². The van der Waals surface area contributed by atoms with E-state index in [0.29, 0.717) is 24.4 Å². The zero-order valence-electron chi connectivity index (χ0n) is 15.7. The van der Waals surface area contributed by atoms with Crippen molar-refractivity contribution in [3.63, 3.8) is 0 Å². The summed E-state index contributed by atoms with van der Waals surface area (Å²) in [5.74, 6) is -0.353. The Hall–Kier alpha value is -2.93. The van der Waals surface area contributed by atoms with Gasteiger partial charge in [-0.15, -0.1) is 0 Å². The average molecular weight is 401 g/mol. The number of nitrogens with zero attached hydrogens (tertiary/aromatic N) is 2. The summed E-state index contributed by atoms with van der Waals surface area (Å²) in [5, 5.41) is 3.74. The van der Waals surface area contributed by atoms with Crippen LogP contribution in [0.1, 0.15) is 48.7 Å². The summed E-state index contributed by atoms with van der Waals surface area (Å²) in [7, 11) is 0. The van der Waals surface area contributed by atoms with Crippen LogP contribution in [0.15, 0.2) is 46.1 Å². The normalized spacial score (nSPS) is 12.1. The maximum atomic E-state index is 12.7. The van der Waals surface area contributed by atoms with Gasteiger partial charge in [-0.25, -0.2) is 9.78 Å². The number of amides is 1. The second kappa shape index (κ2) is 8.39. The zero-order valence-corrected chi connectivity index (χ0v) is 16.4. The molecule has 1 aromatic carbocycles. The molecule has 7 nitrogen and oxygen atoms in total. The molecule has 0 aliphatic rings. The molecule has 0 saturated carbocycles. The van der Waals surface area contributed by atoms with E-state index in [-0.39, 0.29) is 28.5 Å². The number of aromatic nitrogens is 3. The summed E-state index contributed by atoms with van der Waals surface area (Å²) < 4.78 is 1.40. The third kappa shape index (κ3) is 3.99. The van der Waals surface area contributed by atoms with Gasteiger partial charge in [0.25, 0.3) is 11.5 Å². The summed E-state index contributed by atoms with van der Waals surface area (Å²) in [4.78, 5) is 43.5. The quantitative estimate of drug-likeness (QED) is 0.664. The summed E-state index contributed by atoms with van der Waals surface area (Å²) in [6.45, 7) is 4.31. The highest BCUT2D eigenvalue weighted by Gasteiger charge is 2.17. The van der Waals surface area contributed by atoms with Gasteiger partial charge in [-0.3, -0.25) is 19.1 Å². The molecule has 146 valence electrons. The van der Waals surface area contributed by atoms with Crippen molar-refractivity contribution in [3.8, 4) is 0 Å². The highest BCUT2D eigenvalue weighted by molar-refractivity contribution is 6.30. The molecule has 3 rings (SSSR count). The minimum Gasteiger partial charge on any atom is -0.345 e. The molecule has 2 N–H and O–H groups in total. The number of pyridine rings is 1. The predicted octanol–water partition coefficient (Wildman–Crippen LogP) is 3.03. The number of halogens is 1. The Morgan fingerprint density at radius 2 is 2.07 bits per heavy atom. The number of hydrogen-bond donors (Lipinski definition) is 2. The summed E-state index contributed by atoms with van der Waals surface area (Å²) in [6.07, 6.45) is 2.76. The molecule has 0 spiro atoms. The molecule has 0 bridgehead atoms. The van der Waals surface area contributed by atoms with Gasteiger partial charge in [-0.1, -0.05) is 37.6 Å². The molecular formula is C20H21ClN4O3. The largest absolute Gasteiger partial charge is 0.345 e. The van der Waals surface area contributed by atoms with Crippen molar-refractivity contribution in [2.24, 2.45) is 0 Å². The van der Waals surface area contributed by atoms with Crippen molar-refractivity contribution in [1.29, 1.82) is 0 Å². The van der Waals surface area contributed by atoms with Gasteiger partial charge in [0.05, 0.1) is 17.0 Å². The van der Waals surface area contributed by atoms with E-state index in [4.69, 9.17) is 11.6 Å². The Morgan fingerprint density at radius 3 is 2.75 bits per heavy atom. The fourth-order valence-corrected chi connectivity index (χ4v) is 3.31. The van der Waals surface area contributed by atoms with E-state index in [0.717, 1.165) is 5.56 Å². The van der Waals surface area contributed by atoms with Crippen LogP contribution in [-0.4, -0.2) is 20.4 Å². The minimum atomic E-state index is -0.559. The minimum absolute atomic E-state index is 0.205. The summed E-state index contributed by atoms with van der Waals surface area (Å²) >= 11 is 6.05. The van der Waals surface area contributed by atoms with E-state index in [1.54, 1.807) is 6.07 Å². The van der Waals surface area contributed by atoms with Crippen molar-refractivity contribution in [3.05, 3.63) is 73.5 Å². The number of nitrogens with one attached hydrogen (secondary N) is 2. The number of carbonyl (C=O) groups excluding carboxylic acids is 1. The maximum Gasteiger partial charge on any atom is 0.329 e. The monoisotopic (exact) mass is 400 g/mol. The smallest absolute Gasteiger partial charge is 0.329 e. The van der Waals surface area contributed by atoms with Gasteiger partial charge >= 0.3 is 5.69 Å². The maximum absolute atomic E-state index is 12.7. The molecule has 0 radical (unpaired) electrons. The number of aryl methyl sites for hydroxylation is 1.